The van der Waals surface area contributed by atoms with Crippen LogP contribution in [0, 0.1) is 0 Å². The number of benzene rings is 2. The predicted octanol–water partition coefficient (Wildman–Crippen LogP) is 5.56. The summed E-state index contributed by atoms with van der Waals surface area (Å²) in [4.78, 5) is 33.2. The molecule has 0 spiro atoms. The van der Waals surface area contributed by atoms with Gasteiger partial charge in [0.15, 0.2) is 5.76 Å². The van der Waals surface area contributed by atoms with Crippen LogP contribution in [0.1, 0.15) is 50.4 Å². The molecule has 0 unspecified atom stereocenters. The van der Waals surface area contributed by atoms with Gasteiger partial charge < -0.3 is 14.6 Å². The van der Waals surface area contributed by atoms with Crippen molar-refractivity contribution in [2.75, 3.05) is 19.3 Å². The van der Waals surface area contributed by atoms with Gasteiger partial charge in [-0.1, -0.05) is 36.4 Å². The van der Waals surface area contributed by atoms with Gasteiger partial charge in [-0.05, 0) is 42.9 Å². The van der Waals surface area contributed by atoms with Gasteiger partial charge >= 0.3 is 0 Å². The number of amides is 2. The third-order valence-electron chi connectivity index (χ3n) is 6.15. The van der Waals surface area contributed by atoms with Crippen molar-refractivity contribution in [1.29, 1.82) is 0 Å². The summed E-state index contributed by atoms with van der Waals surface area (Å²) in [6, 6.07) is 17.5. The Bertz CT molecular complexity index is 1290. The Morgan fingerprint density at radius 2 is 1.91 bits per heavy atom. The van der Waals surface area contributed by atoms with Gasteiger partial charge in [0.2, 0.25) is 0 Å². The van der Waals surface area contributed by atoms with E-state index in [0.717, 1.165) is 39.3 Å². The maximum Gasteiger partial charge on any atom is 0.289 e. The quantitative estimate of drug-likeness (QED) is 0.357. The number of nitrogens with one attached hydrogen (secondary N) is 1. The molecule has 2 aromatic heterocycles. The zero-order valence-electron chi connectivity index (χ0n) is 18.8. The number of nitrogens with zero attached hydrogens (tertiary/aromatic N) is 2. The predicted molar refractivity (Wildman–Crippen MR) is 136 cm³/mol. The number of thioether (sulfide) groups is 1. The van der Waals surface area contributed by atoms with Gasteiger partial charge in [0.25, 0.3) is 11.8 Å². The van der Waals surface area contributed by atoms with Crippen molar-refractivity contribution in [3.8, 4) is 0 Å². The molecule has 1 saturated heterocycles. The van der Waals surface area contributed by atoms with Crippen molar-refractivity contribution >= 4 is 45.9 Å². The van der Waals surface area contributed by atoms with Crippen LogP contribution in [0.5, 0.6) is 0 Å². The average molecular weight is 492 g/mol. The Morgan fingerprint density at radius 1 is 1.15 bits per heavy atom. The Hall–Kier alpha value is -3.10. The molecule has 5 rings (SSSR count). The van der Waals surface area contributed by atoms with Gasteiger partial charge in [-0.3, -0.25) is 9.59 Å². The van der Waals surface area contributed by atoms with Gasteiger partial charge in [-0.15, -0.1) is 23.1 Å². The van der Waals surface area contributed by atoms with Crippen LogP contribution >= 0.6 is 23.1 Å². The van der Waals surface area contributed by atoms with E-state index in [4.69, 9.17) is 4.42 Å². The zero-order valence-corrected chi connectivity index (χ0v) is 20.5. The normalized spacial score (nSPS) is 14.4. The number of carbonyl (C=O) groups excluding carboxylic acids is 2. The first-order valence-electron chi connectivity index (χ1n) is 11.3. The van der Waals surface area contributed by atoms with Gasteiger partial charge in [-0.25, -0.2) is 4.98 Å². The van der Waals surface area contributed by atoms with Crippen molar-refractivity contribution in [3.05, 3.63) is 82.0 Å². The minimum Gasteiger partial charge on any atom is -0.451 e. The summed E-state index contributed by atoms with van der Waals surface area (Å²) in [7, 11) is 0. The summed E-state index contributed by atoms with van der Waals surface area (Å²) in [5, 5.41) is 6.72. The van der Waals surface area contributed by atoms with E-state index in [1.807, 2.05) is 65.1 Å². The molecule has 1 aliphatic rings. The van der Waals surface area contributed by atoms with Crippen LogP contribution in [0.25, 0.3) is 11.0 Å². The number of thiazole rings is 1. The van der Waals surface area contributed by atoms with Crippen LogP contribution in [0.2, 0.25) is 0 Å². The van der Waals surface area contributed by atoms with E-state index in [1.165, 1.54) is 11.3 Å². The lowest BCUT2D eigenvalue weighted by atomic mass is 9.97. The zero-order chi connectivity index (χ0) is 23.5. The highest BCUT2D eigenvalue weighted by Gasteiger charge is 2.28. The fourth-order valence-corrected chi connectivity index (χ4v) is 5.86. The summed E-state index contributed by atoms with van der Waals surface area (Å²) in [5.74, 6) is 0.412. The number of rotatable bonds is 6. The largest absolute Gasteiger partial charge is 0.451 e. The Labute approximate surface area is 206 Å². The number of hydrogen-bond donors (Lipinski definition) is 1. The summed E-state index contributed by atoms with van der Waals surface area (Å²) in [6.07, 6.45) is 3.67. The number of fused-ring (bicyclic) bond motifs is 1. The SMILES string of the molecule is CSc1ccccc1CNC(=O)c1csc(C2CCN(C(=O)c3cc4ccccc4o3)CC2)n1. The first kappa shape index (κ1) is 22.7. The van der Waals surface area contributed by atoms with Gasteiger partial charge in [0.05, 0.1) is 5.01 Å². The molecule has 2 aromatic carbocycles. The van der Waals surface area contributed by atoms with Crippen LogP contribution in [-0.2, 0) is 6.54 Å². The van der Waals surface area contributed by atoms with Crippen molar-refractivity contribution in [3.63, 3.8) is 0 Å². The average Bonchev–Trinajstić information content (AvgIpc) is 3.55. The maximum atomic E-state index is 12.9. The van der Waals surface area contributed by atoms with Crippen LogP contribution in [0.3, 0.4) is 0 Å². The highest BCUT2D eigenvalue weighted by molar-refractivity contribution is 7.98. The summed E-state index contributed by atoms with van der Waals surface area (Å²) >= 11 is 3.19. The third kappa shape index (κ3) is 4.74. The van der Waals surface area contributed by atoms with Gasteiger partial charge in [-0.2, -0.15) is 0 Å². The Kier molecular flexibility index (Phi) is 6.69. The summed E-state index contributed by atoms with van der Waals surface area (Å²) < 4.78 is 5.75. The maximum absolute atomic E-state index is 12.9. The standard InChI is InChI=1S/C26H25N3O3S2/c1-33-23-9-5-3-7-19(23)15-27-24(30)20-16-34-25(28-20)17-10-12-29(13-11-17)26(31)22-14-18-6-2-4-8-21(18)32-22/h2-9,14,16-17H,10-13,15H2,1H3,(H,27,30). The number of aromatic nitrogens is 1. The van der Waals surface area contributed by atoms with Crippen LogP contribution in [-0.4, -0.2) is 41.0 Å². The Morgan fingerprint density at radius 3 is 2.71 bits per heavy atom. The number of hydrogen-bond acceptors (Lipinski definition) is 6. The molecular formula is C26H25N3O3S2. The molecule has 1 fully saturated rings. The molecular weight excluding hydrogens is 466 g/mol. The minimum atomic E-state index is -0.157. The molecule has 3 heterocycles. The lowest BCUT2D eigenvalue weighted by molar-refractivity contribution is 0.0683. The molecule has 0 bridgehead atoms. The topological polar surface area (TPSA) is 75.4 Å². The summed E-state index contributed by atoms with van der Waals surface area (Å²) in [5.41, 5.74) is 2.29. The first-order chi connectivity index (χ1) is 16.6. The second-order valence-corrected chi connectivity index (χ2v) is 10.0. The van der Waals surface area contributed by atoms with E-state index in [0.29, 0.717) is 31.1 Å². The lowest BCUT2D eigenvalue weighted by Crippen LogP contribution is -2.37. The van der Waals surface area contributed by atoms with E-state index in [9.17, 15) is 9.59 Å². The highest BCUT2D eigenvalue weighted by Crippen LogP contribution is 2.31. The van der Waals surface area contributed by atoms with Crippen molar-refractivity contribution in [2.45, 2.75) is 30.2 Å². The monoisotopic (exact) mass is 491 g/mol. The molecule has 4 aromatic rings. The third-order valence-corrected chi connectivity index (χ3v) is 8.00. The molecule has 2 amide bonds. The number of furan rings is 1. The van der Waals surface area contributed by atoms with E-state index < -0.39 is 0 Å². The highest BCUT2D eigenvalue weighted by atomic mass is 32.2. The number of likely N-dealkylation sites (tertiary alicyclic amines) is 1. The number of piperidine rings is 1. The summed E-state index contributed by atoms with van der Waals surface area (Å²) in [6.45, 7) is 1.77. The van der Waals surface area contributed by atoms with Crippen molar-refractivity contribution in [2.24, 2.45) is 0 Å². The molecule has 1 N–H and O–H groups in total. The fraction of sp³-hybridized carbons (Fsp3) is 0.269. The van der Waals surface area contributed by atoms with Gasteiger partial charge in [0, 0.05) is 41.2 Å². The molecule has 0 radical (unpaired) electrons. The molecule has 6 nitrogen and oxygen atoms in total. The number of carbonyl (C=O) groups is 2. The first-order valence-corrected chi connectivity index (χ1v) is 13.4. The van der Waals surface area contributed by atoms with Crippen LogP contribution in [0.15, 0.2) is 69.3 Å². The fourth-order valence-electron chi connectivity index (χ4n) is 4.27. The molecule has 1 aliphatic heterocycles. The van der Waals surface area contributed by atoms with E-state index >= 15 is 0 Å². The molecule has 0 aliphatic carbocycles. The van der Waals surface area contributed by atoms with Crippen molar-refractivity contribution in [1.82, 2.24) is 15.2 Å². The minimum absolute atomic E-state index is 0.0700. The van der Waals surface area contributed by atoms with Crippen LogP contribution < -0.4 is 5.32 Å². The second kappa shape index (κ2) is 10.0. The Balaban J connectivity index is 1.17. The van der Waals surface area contributed by atoms with Crippen molar-refractivity contribution < 1.29 is 14.0 Å². The van der Waals surface area contributed by atoms with Crippen LogP contribution in [0.4, 0.5) is 0 Å². The van der Waals surface area contributed by atoms with E-state index in [2.05, 4.69) is 16.4 Å². The molecule has 34 heavy (non-hydrogen) atoms. The lowest BCUT2D eigenvalue weighted by Gasteiger charge is -2.30. The van der Waals surface area contributed by atoms with Gasteiger partial charge in [0.1, 0.15) is 11.3 Å². The molecule has 0 atom stereocenters. The molecule has 8 heteroatoms. The van der Waals surface area contributed by atoms with E-state index in [1.54, 1.807) is 11.8 Å². The smallest absolute Gasteiger partial charge is 0.289 e. The number of para-hydroxylation sites is 1. The second-order valence-electron chi connectivity index (χ2n) is 8.28. The molecule has 0 saturated carbocycles. The molecule has 174 valence electrons. The van der Waals surface area contributed by atoms with E-state index in [-0.39, 0.29) is 17.7 Å².